The Balaban J connectivity index is 1.75. The summed E-state index contributed by atoms with van der Waals surface area (Å²) in [6, 6.07) is 4.90. The standard InChI is InChI=1S/C13H14N2O5S/c1-21(17,18)9-4-5-15(8-9)13(16)10-7-12(20-14-10)11-3-2-6-19-11/h2-3,6-7,9H,4-5,8H2,1H3. The maximum Gasteiger partial charge on any atom is 0.276 e. The number of amides is 1. The third kappa shape index (κ3) is 2.71. The minimum absolute atomic E-state index is 0.149. The van der Waals surface area contributed by atoms with Gasteiger partial charge < -0.3 is 13.8 Å². The molecule has 0 aromatic carbocycles. The lowest BCUT2D eigenvalue weighted by Gasteiger charge is -2.13. The summed E-state index contributed by atoms with van der Waals surface area (Å²) in [6.07, 6.45) is 3.14. The highest BCUT2D eigenvalue weighted by molar-refractivity contribution is 7.91. The second kappa shape index (κ2) is 5.03. The van der Waals surface area contributed by atoms with Gasteiger partial charge in [-0.1, -0.05) is 5.16 Å². The molecule has 1 aliphatic heterocycles. The summed E-state index contributed by atoms with van der Waals surface area (Å²) >= 11 is 0. The lowest BCUT2D eigenvalue weighted by atomic mass is 10.3. The smallest absolute Gasteiger partial charge is 0.276 e. The van der Waals surface area contributed by atoms with Gasteiger partial charge in [-0.2, -0.15) is 0 Å². The van der Waals surface area contributed by atoms with Gasteiger partial charge in [-0.3, -0.25) is 4.79 Å². The van der Waals surface area contributed by atoms with E-state index in [0.717, 1.165) is 0 Å². The number of likely N-dealkylation sites (tertiary alicyclic amines) is 1. The molecule has 2 aromatic rings. The van der Waals surface area contributed by atoms with Gasteiger partial charge >= 0.3 is 0 Å². The molecule has 7 nitrogen and oxygen atoms in total. The summed E-state index contributed by atoms with van der Waals surface area (Å²) < 4.78 is 33.3. The van der Waals surface area contributed by atoms with Gasteiger partial charge in [0, 0.05) is 25.4 Å². The van der Waals surface area contributed by atoms with Crippen LogP contribution in [-0.4, -0.2) is 49.0 Å². The number of nitrogens with zero attached hydrogens (tertiary/aromatic N) is 2. The molecule has 0 spiro atoms. The van der Waals surface area contributed by atoms with E-state index in [0.29, 0.717) is 24.5 Å². The molecule has 112 valence electrons. The molecule has 8 heteroatoms. The molecular weight excluding hydrogens is 296 g/mol. The van der Waals surface area contributed by atoms with Crippen LogP contribution in [0.1, 0.15) is 16.9 Å². The minimum Gasteiger partial charge on any atom is -0.461 e. The maximum atomic E-state index is 12.3. The minimum atomic E-state index is -3.13. The molecule has 3 heterocycles. The lowest BCUT2D eigenvalue weighted by Crippen LogP contribution is -2.31. The van der Waals surface area contributed by atoms with Crippen LogP contribution >= 0.6 is 0 Å². The van der Waals surface area contributed by atoms with Crippen LogP contribution < -0.4 is 0 Å². The number of furan rings is 1. The number of rotatable bonds is 3. The summed E-state index contributed by atoms with van der Waals surface area (Å²) in [5.74, 6) is 0.516. The van der Waals surface area contributed by atoms with Crippen LogP contribution in [0.4, 0.5) is 0 Å². The summed E-state index contributed by atoms with van der Waals surface area (Å²) in [4.78, 5) is 13.8. The molecule has 1 fully saturated rings. The predicted octanol–water partition coefficient (Wildman–Crippen LogP) is 1.19. The van der Waals surface area contributed by atoms with Gasteiger partial charge in [0.2, 0.25) is 5.76 Å². The number of aromatic nitrogens is 1. The Labute approximate surface area is 121 Å². The molecule has 0 aliphatic carbocycles. The summed E-state index contributed by atoms with van der Waals surface area (Å²) in [5.41, 5.74) is 0.149. The van der Waals surface area contributed by atoms with Gasteiger partial charge in [0.05, 0.1) is 11.5 Å². The van der Waals surface area contributed by atoms with Gasteiger partial charge in [0.15, 0.2) is 21.3 Å². The van der Waals surface area contributed by atoms with Crippen molar-refractivity contribution in [2.24, 2.45) is 0 Å². The van der Waals surface area contributed by atoms with Crippen LogP contribution in [0.5, 0.6) is 0 Å². The predicted molar refractivity (Wildman–Crippen MR) is 73.4 cm³/mol. The van der Waals surface area contributed by atoms with Crippen molar-refractivity contribution in [3.63, 3.8) is 0 Å². The van der Waals surface area contributed by atoms with Gasteiger partial charge in [-0.15, -0.1) is 0 Å². The van der Waals surface area contributed by atoms with Gasteiger partial charge in [0.25, 0.3) is 5.91 Å². The van der Waals surface area contributed by atoms with Crippen molar-refractivity contribution in [3.05, 3.63) is 30.2 Å². The quantitative estimate of drug-likeness (QED) is 0.845. The number of carbonyl (C=O) groups excluding carboxylic acids is 1. The molecule has 1 aliphatic rings. The Hall–Kier alpha value is -2.09. The van der Waals surface area contributed by atoms with E-state index in [1.54, 1.807) is 12.1 Å². The molecule has 21 heavy (non-hydrogen) atoms. The van der Waals surface area contributed by atoms with Crippen molar-refractivity contribution in [1.82, 2.24) is 10.1 Å². The zero-order valence-corrected chi connectivity index (χ0v) is 12.2. The van der Waals surface area contributed by atoms with Crippen molar-refractivity contribution in [3.8, 4) is 11.5 Å². The van der Waals surface area contributed by atoms with E-state index in [1.165, 1.54) is 23.5 Å². The highest BCUT2D eigenvalue weighted by Crippen LogP contribution is 2.23. The third-order valence-corrected chi connectivity index (χ3v) is 5.13. The SMILES string of the molecule is CS(=O)(=O)C1CCN(C(=O)c2cc(-c3ccco3)on2)C1. The van der Waals surface area contributed by atoms with Gasteiger partial charge in [-0.05, 0) is 18.6 Å². The molecule has 2 aromatic heterocycles. The molecule has 1 atom stereocenters. The third-order valence-electron chi connectivity index (χ3n) is 3.53. The van der Waals surface area contributed by atoms with Crippen molar-refractivity contribution >= 4 is 15.7 Å². The second-order valence-corrected chi connectivity index (χ2v) is 7.37. The highest BCUT2D eigenvalue weighted by atomic mass is 32.2. The first kappa shape index (κ1) is 13.9. The molecule has 1 saturated heterocycles. The normalized spacial score (nSPS) is 19.1. The van der Waals surface area contributed by atoms with Crippen LogP contribution in [0.3, 0.4) is 0 Å². The van der Waals surface area contributed by atoms with E-state index in [4.69, 9.17) is 8.94 Å². The molecule has 0 N–H and O–H groups in total. The van der Waals surface area contributed by atoms with E-state index in [-0.39, 0.29) is 18.1 Å². The second-order valence-electron chi connectivity index (χ2n) is 5.05. The van der Waals surface area contributed by atoms with Crippen molar-refractivity contribution in [2.45, 2.75) is 11.7 Å². The Kier molecular flexibility index (Phi) is 3.32. The topological polar surface area (TPSA) is 93.6 Å². The van der Waals surface area contributed by atoms with Crippen LogP contribution in [-0.2, 0) is 9.84 Å². The molecule has 0 radical (unpaired) electrons. The van der Waals surface area contributed by atoms with E-state index >= 15 is 0 Å². The largest absolute Gasteiger partial charge is 0.461 e. The van der Waals surface area contributed by atoms with Crippen molar-refractivity contribution in [1.29, 1.82) is 0 Å². The fourth-order valence-electron chi connectivity index (χ4n) is 2.34. The first-order valence-electron chi connectivity index (χ1n) is 6.44. The monoisotopic (exact) mass is 310 g/mol. The van der Waals surface area contributed by atoms with Crippen LogP contribution in [0.2, 0.25) is 0 Å². The average molecular weight is 310 g/mol. The molecule has 0 saturated carbocycles. The summed E-state index contributed by atoms with van der Waals surface area (Å²) in [7, 11) is -3.13. The average Bonchev–Trinajstić information content (AvgIpc) is 3.17. The van der Waals surface area contributed by atoms with Crippen LogP contribution in [0, 0.1) is 0 Å². The first-order chi connectivity index (χ1) is 9.95. The van der Waals surface area contributed by atoms with Crippen LogP contribution in [0.25, 0.3) is 11.5 Å². The van der Waals surface area contributed by atoms with Gasteiger partial charge in [0.1, 0.15) is 0 Å². The van der Waals surface area contributed by atoms with Crippen LogP contribution in [0.15, 0.2) is 33.4 Å². The number of hydrogen-bond donors (Lipinski definition) is 0. The molecule has 1 unspecified atom stereocenters. The zero-order chi connectivity index (χ0) is 15.0. The Morgan fingerprint density at radius 3 is 2.86 bits per heavy atom. The Bertz CT molecular complexity index is 747. The fourth-order valence-corrected chi connectivity index (χ4v) is 3.32. The lowest BCUT2D eigenvalue weighted by molar-refractivity contribution is 0.0783. The van der Waals surface area contributed by atoms with E-state index in [9.17, 15) is 13.2 Å². The molecular formula is C13H14N2O5S. The zero-order valence-electron chi connectivity index (χ0n) is 11.4. The molecule has 3 rings (SSSR count). The molecule has 0 bridgehead atoms. The number of sulfone groups is 1. The Morgan fingerprint density at radius 2 is 2.24 bits per heavy atom. The number of carbonyl (C=O) groups is 1. The van der Waals surface area contributed by atoms with Gasteiger partial charge in [-0.25, -0.2) is 8.42 Å². The fraction of sp³-hybridized carbons (Fsp3) is 0.385. The van der Waals surface area contributed by atoms with E-state index < -0.39 is 15.1 Å². The van der Waals surface area contributed by atoms with Crippen molar-refractivity contribution < 1.29 is 22.2 Å². The van der Waals surface area contributed by atoms with Crippen molar-refractivity contribution in [2.75, 3.05) is 19.3 Å². The van der Waals surface area contributed by atoms with E-state index in [1.807, 2.05) is 0 Å². The Morgan fingerprint density at radius 1 is 1.43 bits per heavy atom. The van der Waals surface area contributed by atoms with E-state index in [2.05, 4.69) is 5.16 Å². The maximum absolute atomic E-state index is 12.3. The summed E-state index contributed by atoms with van der Waals surface area (Å²) in [6.45, 7) is 0.597. The summed E-state index contributed by atoms with van der Waals surface area (Å²) in [5, 5.41) is 3.23. The number of hydrogen-bond acceptors (Lipinski definition) is 6. The molecule has 1 amide bonds. The first-order valence-corrected chi connectivity index (χ1v) is 8.39. The highest BCUT2D eigenvalue weighted by Gasteiger charge is 2.34.